The molecule has 1 aromatic heterocycles. The predicted octanol–water partition coefficient (Wildman–Crippen LogP) is 2.74. The average Bonchev–Trinajstić information content (AvgIpc) is 3.25. The molecular formula is C19H22N2O3. The highest BCUT2D eigenvalue weighted by atomic mass is 16.4. The summed E-state index contributed by atoms with van der Waals surface area (Å²) in [7, 11) is 0. The van der Waals surface area contributed by atoms with Crippen molar-refractivity contribution in [3.8, 4) is 0 Å². The molecule has 2 fully saturated rings. The zero-order chi connectivity index (χ0) is 16.7. The Kier molecular flexibility index (Phi) is 3.59. The second-order valence-corrected chi connectivity index (χ2v) is 7.14. The maximum Gasteiger partial charge on any atom is 0.311 e. The maximum absolute atomic E-state index is 12.6. The van der Waals surface area contributed by atoms with Crippen LogP contribution in [0.2, 0.25) is 0 Å². The van der Waals surface area contributed by atoms with Crippen molar-refractivity contribution in [3.63, 3.8) is 0 Å². The lowest BCUT2D eigenvalue weighted by atomic mass is 9.81. The molecule has 1 aliphatic carbocycles. The molecule has 2 aromatic rings. The smallest absolute Gasteiger partial charge is 0.311 e. The quantitative estimate of drug-likeness (QED) is 0.940. The molecule has 5 heteroatoms. The number of para-hydroxylation sites is 1. The molecule has 1 aliphatic heterocycles. The number of fused-ring (bicyclic) bond motifs is 2. The number of aryl methyl sites for hydroxylation is 1. The number of benzene rings is 1. The number of likely N-dealkylation sites (tertiary alicyclic amines) is 1. The van der Waals surface area contributed by atoms with Crippen LogP contribution in [0.25, 0.3) is 10.9 Å². The van der Waals surface area contributed by atoms with Crippen LogP contribution in [0.5, 0.6) is 0 Å². The average molecular weight is 326 g/mol. The van der Waals surface area contributed by atoms with Gasteiger partial charge in [0.05, 0.1) is 5.41 Å². The van der Waals surface area contributed by atoms with E-state index in [1.807, 2.05) is 18.3 Å². The van der Waals surface area contributed by atoms with E-state index in [1.165, 1.54) is 5.39 Å². The Balaban J connectivity index is 1.43. The second-order valence-electron chi connectivity index (χ2n) is 7.14. The fraction of sp³-hybridized carbons (Fsp3) is 0.474. The summed E-state index contributed by atoms with van der Waals surface area (Å²) < 4.78 is 2.09. The van der Waals surface area contributed by atoms with E-state index in [9.17, 15) is 14.7 Å². The Labute approximate surface area is 140 Å². The van der Waals surface area contributed by atoms with Gasteiger partial charge in [0.1, 0.15) is 0 Å². The zero-order valence-corrected chi connectivity index (χ0v) is 13.6. The third kappa shape index (κ3) is 2.30. The van der Waals surface area contributed by atoms with Crippen molar-refractivity contribution in [2.24, 2.45) is 11.3 Å². The molecule has 0 bridgehead atoms. The van der Waals surface area contributed by atoms with E-state index in [0.717, 1.165) is 18.4 Å². The van der Waals surface area contributed by atoms with Gasteiger partial charge in [-0.25, -0.2) is 0 Å². The normalized spacial score (nSPS) is 26.0. The lowest BCUT2D eigenvalue weighted by Gasteiger charge is -2.23. The lowest BCUT2D eigenvalue weighted by molar-refractivity contribution is -0.149. The van der Waals surface area contributed by atoms with Crippen molar-refractivity contribution in [2.75, 3.05) is 13.1 Å². The molecular weight excluding hydrogens is 304 g/mol. The highest BCUT2D eigenvalue weighted by Gasteiger charge is 2.55. The van der Waals surface area contributed by atoms with Gasteiger partial charge in [0, 0.05) is 37.8 Å². The van der Waals surface area contributed by atoms with Crippen LogP contribution in [0, 0.1) is 11.3 Å². The SMILES string of the molecule is O=C(CCn1ccc2ccccc21)N1C[C@@H]2CCC[C@@]2(C(=O)O)C1. The van der Waals surface area contributed by atoms with Crippen molar-refractivity contribution in [2.45, 2.75) is 32.2 Å². The first-order chi connectivity index (χ1) is 11.6. The number of nitrogens with zero attached hydrogens (tertiary/aromatic N) is 2. The van der Waals surface area contributed by atoms with Crippen molar-refractivity contribution in [1.29, 1.82) is 0 Å². The fourth-order valence-corrected chi connectivity index (χ4v) is 4.54. The minimum absolute atomic E-state index is 0.0720. The van der Waals surface area contributed by atoms with Crippen molar-refractivity contribution >= 4 is 22.8 Å². The van der Waals surface area contributed by atoms with Crippen molar-refractivity contribution < 1.29 is 14.7 Å². The number of hydrogen-bond acceptors (Lipinski definition) is 2. The molecule has 5 nitrogen and oxygen atoms in total. The minimum Gasteiger partial charge on any atom is -0.481 e. The number of aliphatic carboxylic acids is 1. The summed E-state index contributed by atoms with van der Waals surface area (Å²) in [6.45, 7) is 1.63. The Bertz CT molecular complexity index is 797. The van der Waals surface area contributed by atoms with E-state index in [2.05, 4.69) is 22.8 Å². The molecule has 24 heavy (non-hydrogen) atoms. The summed E-state index contributed by atoms with van der Waals surface area (Å²) in [5, 5.41) is 10.8. The van der Waals surface area contributed by atoms with E-state index in [0.29, 0.717) is 32.5 Å². The first-order valence-electron chi connectivity index (χ1n) is 8.65. The summed E-state index contributed by atoms with van der Waals surface area (Å²) in [4.78, 5) is 26.1. The number of carbonyl (C=O) groups excluding carboxylic acids is 1. The van der Waals surface area contributed by atoms with Crippen LogP contribution < -0.4 is 0 Å². The Morgan fingerprint density at radius 1 is 1.25 bits per heavy atom. The summed E-state index contributed by atoms with van der Waals surface area (Å²) in [6.07, 6.45) is 5.03. The zero-order valence-electron chi connectivity index (χ0n) is 13.6. The lowest BCUT2D eigenvalue weighted by Crippen LogP contribution is -2.37. The van der Waals surface area contributed by atoms with E-state index in [-0.39, 0.29) is 11.8 Å². The molecule has 0 spiro atoms. The third-order valence-corrected chi connectivity index (χ3v) is 5.90. The van der Waals surface area contributed by atoms with Crippen LogP contribution in [0.15, 0.2) is 36.5 Å². The summed E-state index contributed by atoms with van der Waals surface area (Å²) in [6, 6.07) is 10.2. The van der Waals surface area contributed by atoms with Crippen LogP contribution in [-0.4, -0.2) is 39.5 Å². The Morgan fingerprint density at radius 3 is 2.88 bits per heavy atom. The monoisotopic (exact) mass is 326 g/mol. The van der Waals surface area contributed by atoms with Crippen LogP contribution in [0.3, 0.4) is 0 Å². The topological polar surface area (TPSA) is 62.5 Å². The number of aromatic nitrogens is 1. The molecule has 1 saturated heterocycles. The number of carbonyl (C=O) groups is 2. The molecule has 2 atom stereocenters. The van der Waals surface area contributed by atoms with Gasteiger partial charge in [-0.1, -0.05) is 24.6 Å². The summed E-state index contributed by atoms with van der Waals surface area (Å²) in [5.74, 6) is -0.522. The number of carboxylic acid groups (broad SMARTS) is 1. The van der Waals surface area contributed by atoms with Gasteiger partial charge in [0.2, 0.25) is 5.91 Å². The van der Waals surface area contributed by atoms with Crippen molar-refractivity contribution in [1.82, 2.24) is 9.47 Å². The predicted molar refractivity (Wildman–Crippen MR) is 90.5 cm³/mol. The number of amides is 1. The van der Waals surface area contributed by atoms with E-state index in [1.54, 1.807) is 4.90 Å². The standard InChI is InChI=1S/C19H22N2O3/c22-17(8-11-20-10-7-14-4-1-2-6-16(14)20)21-12-15-5-3-9-19(15,13-21)18(23)24/h1-2,4,6-7,10,15H,3,5,8-9,11-13H2,(H,23,24)/t15-,19+/m0/s1. The summed E-state index contributed by atoms with van der Waals surface area (Å²) in [5.41, 5.74) is 0.445. The molecule has 2 aliphatic rings. The minimum atomic E-state index is -0.725. The van der Waals surface area contributed by atoms with Gasteiger partial charge in [0.15, 0.2) is 0 Å². The van der Waals surface area contributed by atoms with Gasteiger partial charge >= 0.3 is 5.97 Å². The molecule has 0 radical (unpaired) electrons. The largest absolute Gasteiger partial charge is 0.481 e. The highest BCUT2D eigenvalue weighted by Crippen LogP contribution is 2.48. The second kappa shape index (κ2) is 5.65. The highest BCUT2D eigenvalue weighted by molar-refractivity contribution is 5.82. The summed E-state index contributed by atoms with van der Waals surface area (Å²) >= 11 is 0. The Morgan fingerprint density at radius 2 is 2.08 bits per heavy atom. The fourth-order valence-electron chi connectivity index (χ4n) is 4.54. The van der Waals surface area contributed by atoms with Gasteiger partial charge < -0.3 is 14.6 Å². The molecule has 126 valence electrons. The third-order valence-electron chi connectivity index (χ3n) is 5.90. The molecule has 1 saturated carbocycles. The maximum atomic E-state index is 12.6. The number of hydrogen-bond donors (Lipinski definition) is 1. The van der Waals surface area contributed by atoms with Gasteiger partial charge in [-0.15, -0.1) is 0 Å². The van der Waals surface area contributed by atoms with Gasteiger partial charge in [0.25, 0.3) is 0 Å². The first kappa shape index (κ1) is 15.2. The van der Waals surface area contributed by atoms with Crippen LogP contribution in [0.1, 0.15) is 25.7 Å². The molecule has 2 heterocycles. The van der Waals surface area contributed by atoms with Gasteiger partial charge in [-0.2, -0.15) is 0 Å². The van der Waals surface area contributed by atoms with E-state index >= 15 is 0 Å². The molecule has 1 amide bonds. The molecule has 4 rings (SSSR count). The molecule has 1 N–H and O–H groups in total. The van der Waals surface area contributed by atoms with Gasteiger partial charge in [-0.3, -0.25) is 9.59 Å². The Hall–Kier alpha value is -2.30. The van der Waals surface area contributed by atoms with Crippen LogP contribution in [-0.2, 0) is 16.1 Å². The number of rotatable bonds is 4. The van der Waals surface area contributed by atoms with Crippen molar-refractivity contribution in [3.05, 3.63) is 36.5 Å². The van der Waals surface area contributed by atoms with Crippen LogP contribution in [0.4, 0.5) is 0 Å². The van der Waals surface area contributed by atoms with E-state index < -0.39 is 11.4 Å². The molecule has 1 aromatic carbocycles. The number of carboxylic acids is 1. The molecule has 0 unspecified atom stereocenters. The van der Waals surface area contributed by atoms with Gasteiger partial charge in [-0.05, 0) is 36.3 Å². The van der Waals surface area contributed by atoms with E-state index in [4.69, 9.17) is 0 Å². The van der Waals surface area contributed by atoms with Crippen LogP contribution >= 0.6 is 0 Å². The first-order valence-corrected chi connectivity index (χ1v) is 8.65.